The number of allylic oxidation sites excluding steroid dienone is 1. The average molecular weight is 329 g/mol. The molecule has 3 aromatic carbocycles. The van der Waals surface area contributed by atoms with Crippen molar-refractivity contribution in [2.45, 2.75) is 6.54 Å². The van der Waals surface area contributed by atoms with Crippen LogP contribution < -0.4 is 5.32 Å². The maximum absolute atomic E-state index is 5.61. The van der Waals surface area contributed by atoms with E-state index in [1.807, 2.05) is 60.7 Å². The summed E-state index contributed by atoms with van der Waals surface area (Å²) in [6.45, 7) is 0.763. The smallest absolute Gasteiger partial charge is 0.0470 e. The second-order valence-electron chi connectivity index (χ2n) is 5.49. The first-order chi connectivity index (χ1) is 11.8. The zero-order valence-electron chi connectivity index (χ0n) is 13.4. The largest absolute Gasteiger partial charge is 0.380 e. The fourth-order valence-corrected chi connectivity index (χ4v) is 2.72. The predicted molar refractivity (Wildman–Crippen MR) is 106 cm³/mol. The molecule has 0 atom stereocenters. The second kappa shape index (κ2) is 8.23. The second-order valence-corrected chi connectivity index (χ2v) is 5.93. The Morgan fingerprint density at radius 1 is 0.708 bits per heavy atom. The third kappa shape index (κ3) is 4.40. The molecule has 0 aliphatic rings. The molecule has 0 aliphatic heterocycles. The van der Waals surface area contributed by atoms with E-state index < -0.39 is 0 Å². The topological polar surface area (TPSA) is 12.0 Å². The van der Waals surface area contributed by atoms with Crippen molar-refractivity contribution in [2.24, 2.45) is 0 Å². The van der Waals surface area contributed by atoms with Gasteiger partial charge in [0.25, 0.3) is 0 Å². The van der Waals surface area contributed by atoms with E-state index in [2.05, 4.69) is 41.7 Å². The van der Waals surface area contributed by atoms with Gasteiger partial charge >= 0.3 is 0 Å². The minimum atomic E-state index is 0.763. The van der Waals surface area contributed by atoms with E-state index in [0.717, 1.165) is 28.2 Å². The molecule has 24 heavy (non-hydrogen) atoms. The molecule has 0 fully saturated rings. The summed E-state index contributed by atoms with van der Waals surface area (Å²) in [7, 11) is 0. The van der Waals surface area contributed by atoms with Crippen molar-refractivity contribution in [1.82, 2.24) is 5.32 Å². The maximum atomic E-state index is 5.61. The van der Waals surface area contributed by atoms with E-state index in [1.54, 1.807) is 0 Å². The van der Waals surface area contributed by atoms with Crippen molar-refractivity contribution < 1.29 is 0 Å². The summed E-state index contributed by atoms with van der Waals surface area (Å²) >= 11 is 5.61. The van der Waals surface area contributed by atoms with Crippen molar-refractivity contribution in [2.75, 3.05) is 0 Å². The van der Waals surface area contributed by atoms with Crippen molar-refractivity contribution in [3.63, 3.8) is 0 Å². The van der Waals surface area contributed by atoms with Crippen LogP contribution >= 0.6 is 12.2 Å². The van der Waals surface area contributed by atoms with E-state index >= 15 is 0 Å². The molecule has 1 nitrogen and oxygen atoms in total. The molecule has 0 saturated carbocycles. The molecule has 0 heterocycles. The lowest BCUT2D eigenvalue weighted by Crippen LogP contribution is -2.13. The van der Waals surface area contributed by atoms with Crippen LogP contribution in [0.1, 0.15) is 16.7 Å². The van der Waals surface area contributed by atoms with Crippen LogP contribution in [0, 0.1) is 0 Å². The van der Waals surface area contributed by atoms with E-state index in [9.17, 15) is 0 Å². The molecule has 0 amide bonds. The van der Waals surface area contributed by atoms with Crippen molar-refractivity contribution in [3.05, 3.63) is 114 Å². The Labute approximate surface area is 148 Å². The lowest BCUT2D eigenvalue weighted by Gasteiger charge is -2.12. The Kier molecular flexibility index (Phi) is 5.54. The Balaban J connectivity index is 1.85. The summed E-state index contributed by atoms with van der Waals surface area (Å²) in [6.07, 6.45) is 2.04. The van der Waals surface area contributed by atoms with Gasteiger partial charge in [-0.15, -0.1) is 0 Å². The summed E-state index contributed by atoms with van der Waals surface area (Å²) in [4.78, 5) is 0.829. The molecule has 0 aliphatic carbocycles. The van der Waals surface area contributed by atoms with Gasteiger partial charge in [-0.25, -0.2) is 0 Å². The fraction of sp³-hybridized carbons (Fsp3) is 0.0455. The lowest BCUT2D eigenvalue weighted by molar-refractivity contribution is 0.890. The molecular formula is C22H19NS. The molecule has 0 radical (unpaired) electrons. The van der Waals surface area contributed by atoms with Crippen LogP contribution in [-0.2, 0) is 6.54 Å². The lowest BCUT2D eigenvalue weighted by atomic mass is 10.1. The quantitative estimate of drug-likeness (QED) is 0.377. The predicted octanol–water partition coefficient (Wildman–Crippen LogP) is 5.24. The van der Waals surface area contributed by atoms with Crippen LogP contribution in [0.4, 0.5) is 0 Å². The van der Waals surface area contributed by atoms with Crippen molar-refractivity contribution >= 4 is 22.8 Å². The van der Waals surface area contributed by atoms with Gasteiger partial charge in [0.1, 0.15) is 0 Å². The Hall–Kier alpha value is -2.71. The van der Waals surface area contributed by atoms with Gasteiger partial charge in [-0.1, -0.05) is 103 Å². The zero-order valence-corrected chi connectivity index (χ0v) is 14.2. The third-order valence-electron chi connectivity index (χ3n) is 3.74. The maximum Gasteiger partial charge on any atom is 0.0470 e. The summed E-state index contributed by atoms with van der Waals surface area (Å²) in [5.41, 5.74) is 4.47. The van der Waals surface area contributed by atoms with E-state index in [-0.39, 0.29) is 0 Å². The normalized spacial score (nSPS) is 11.1. The highest BCUT2D eigenvalue weighted by atomic mass is 32.1. The Bertz CT molecular complexity index is 808. The number of nitrogens with one attached hydrogen (secondary N) is 1. The Morgan fingerprint density at radius 3 is 1.79 bits per heavy atom. The van der Waals surface area contributed by atoms with E-state index in [0.29, 0.717) is 0 Å². The highest BCUT2D eigenvalue weighted by Gasteiger charge is 2.04. The third-order valence-corrected chi connectivity index (χ3v) is 4.10. The van der Waals surface area contributed by atoms with Crippen molar-refractivity contribution in [3.8, 4) is 0 Å². The van der Waals surface area contributed by atoms with E-state index in [1.165, 1.54) is 5.56 Å². The molecule has 118 valence electrons. The summed E-state index contributed by atoms with van der Waals surface area (Å²) in [5, 5.41) is 3.53. The molecule has 0 unspecified atom stereocenters. The van der Waals surface area contributed by atoms with Gasteiger partial charge in [0.05, 0.1) is 0 Å². The summed E-state index contributed by atoms with van der Waals surface area (Å²) < 4.78 is 0. The van der Waals surface area contributed by atoms with Crippen LogP contribution in [-0.4, -0.2) is 4.86 Å². The zero-order chi connectivity index (χ0) is 16.6. The van der Waals surface area contributed by atoms with Crippen LogP contribution in [0.15, 0.2) is 97.1 Å². The number of thiocarbonyl (C=S) groups is 1. The minimum Gasteiger partial charge on any atom is -0.380 e. The van der Waals surface area contributed by atoms with Gasteiger partial charge in [-0.2, -0.15) is 0 Å². The monoisotopic (exact) mass is 329 g/mol. The van der Waals surface area contributed by atoms with Gasteiger partial charge in [-0.3, -0.25) is 0 Å². The molecule has 0 spiro atoms. The van der Waals surface area contributed by atoms with Crippen molar-refractivity contribution in [1.29, 1.82) is 0 Å². The highest BCUT2D eigenvalue weighted by Crippen LogP contribution is 2.15. The van der Waals surface area contributed by atoms with Gasteiger partial charge < -0.3 is 5.32 Å². The highest BCUT2D eigenvalue weighted by molar-refractivity contribution is 7.81. The van der Waals surface area contributed by atoms with Crippen LogP contribution in [0.3, 0.4) is 0 Å². The van der Waals surface area contributed by atoms with Gasteiger partial charge in [-0.05, 0) is 22.8 Å². The van der Waals surface area contributed by atoms with E-state index in [4.69, 9.17) is 12.2 Å². The van der Waals surface area contributed by atoms with Gasteiger partial charge in [0.15, 0.2) is 0 Å². The number of rotatable bonds is 6. The van der Waals surface area contributed by atoms with Gasteiger partial charge in [0, 0.05) is 17.1 Å². The molecule has 0 saturated heterocycles. The van der Waals surface area contributed by atoms with Crippen LogP contribution in [0.25, 0.3) is 5.70 Å². The number of hydrogen-bond acceptors (Lipinski definition) is 2. The summed E-state index contributed by atoms with van der Waals surface area (Å²) in [5.74, 6) is 0. The minimum absolute atomic E-state index is 0.763. The first-order valence-electron chi connectivity index (χ1n) is 7.97. The van der Waals surface area contributed by atoms with Crippen LogP contribution in [0.5, 0.6) is 0 Å². The SMILES string of the molecule is S=C(/C=C(\NCc1ccccc1)c1ccccc1)c1ccccc1. The average Bonchev–Trinajstić information content (AvgIpc) is 2.67. The Morgan fingerprint density at radius 2 is 1.21 bits per heavy atom. The number of benzene rings is 3. The molecule has 0 aromatic heterocycles. The molecule has 2 heteroatoms. The molecule has 3 rings (SSSR count). The molecular weight excluding hydrogens is 310 g/mol. The van der Waals surface area contributed by atoms with Gasteiger partial charge in [0.2, 0.25) is 0 Å². The molecule has 0 bridgehead atoms. The first kappa shape index (κ1) is 16.2. The number of hydrogen-bond donors (Lipinski definition) is 1. The molecule has 3 aromatic rings. The molecule has 1 N–H and O–H groups in total. The fourth-order valence-electron chi connectivity index (χ4n) is 2.46. The summed E-state index contributed by atoms with van der Waals surface area (Å²) in [6, 6.07) is 30.8. The first-order valence-corrected chi connectivity index (χ1v) is 8.38. The van der Waals surface area contributed by atoms with Crippen LogP contribution in [0.2, 0.25) is 0 Å². The standard InChI is InChI=1S/C22H19NS/c24-22(20-14-8-3-9-15-20)16-21(19-12-6-2-7-13-19)23-17-18-10-4-1-5-11-18/h1-16,23H,17H2/b21-16-.